The van der Waals surface area contributed by atoms with E-state index in [-0.39, 0.29) is 28.5 Å². The van der Waals surface area contributed by atoms with Gasteiger partial charge in [0.2, 0.25) is 0 Å². The van der Waals surface area contributed by atoms with Crippen molar-refractivity contribution in [1.29, 1.82) is 0 Å². The highest BCUT2D eigenvalue weighted by molar-refractivity contribution is 7.91. The smallest absolute Gasteiger partial charge is 0.449 e. The average molecular weight is 576 g/mol. The Morgan fingerprint density at radius 2 is 1.76 bits per heavy atom. The second-order valence-corrected chi connectivity index (χ2v) is 12.4. The molecule has 0 bridgehead atoms. The molecule has 2 aromatic carbocycles. The molecule has 3 heterocycles. The van der Waals surface area contributed by atoms with Gasteiger partial charge in [0.15, 0.2) is 0 Å². The quantitative estimate of drug-likeness (QED) is 0.247. The molecule has 2 aromatic heterocycles. The molecule has 2 N–H and O–H groups in total. The molecule has 38 heavy (non-hydrogen) atoms. The minimum absolute atomic E-state index is 0.0975. The Morgan fingerprint density at radius 1 is 1.05 bits per heavy atom. The molecule has 1 saturated heterocycles. The van der Waals surface area contributed by atoms with E-state index in [1.54, 1.807) is 47.3 Å². The van der Waals surface area contributed by atoms with Gasteiger partial charge in [-0.25, -0.2) is 13.2 Å². The van der Waals surface area contributed by atoms with Gasteiger partial charge >= 0.3 is 6.16 Å². The Bertz CT molecular complexity index is 1590. The van der Waals surface area contributed by atoms with Gasteiger partial charge in [0.05, 0.1) is 12.6 Å². The highest BCUT2D eigenvalue weighted by Gasteiger charge is 2.32. The van der Waals surface area contributed by atoms with Crippen LogP contribution in [0.3, 0.4) is 0 Å². The molecule has 14 heteroatoms. The molecule has 1 aliphatic rings. The summed E-state index contributed by atoms with van der Waals surface area (Å²) in [5.41, 5.74) is 1.55. The number of carbonyl (C=O) groups excluding carboxylic acids is 1. The van der Waals surface area contributed by atoms with Gasteiger partial charge in [-0.2, -0.15) is 19.3 Å². The monoisotopic (exact) mass is 575 g/mol. The van der Waals surface area contributed by atoms with E-state index in [1.807, 2.05) is 0 Å². The lowest BCUT2D eigenvalue weighted by Gasteiger charge is -2.30. The van der Waals surface area contributed by atoms with E-state index in [0.29, 0.717) is 47.6 Å². The zero-order valence-electron chi connectivity index (χ0n) is 19.8. The standard InChI is InChI=1S/C24H22ClN5O6S2/c25-16-3-1-15(2-4-16)23(31)26-14-19-6-8-22(37-19)38(34,35)29-11-9-17(10-12-29)30-27-20-7-5-18(36-24(32)33)13-21(20)28-30/h1-8,13,17H,9-12,14H2,(H,26,31)(H,32,33). The summed E-state index contributed by atoms with van der Waals surface area (Å²) in [5.74, 6) is -0.120. The highest BCUT2D eigenvalue weighted by Crippen LogP contribution is 2.30. The molecule has 0 spiro atoms. The van der Waals surface area contributed by atoms with Crippen LogP contribution in [0, 0.1) is 0 Å². The maximum Gasteiger partial charge on any atom is 0.511 e. The number of carbonyl (C=O) groups is 2. The number of halogens is 1. The van der Waals surface area contributed by atoms with Gasteiger partial charge in [-0.05, 0) is 61.4 Å². The van der Waals surface area contributed by atoms with Crippen molar-refractivity contribution in [3.05, 3.63) is 70.1 Å². The number of benzene rings is 2. The van der Waals surface area contributed by atoms with Crippen molar-refractivity contribution in [3.63, 3.8) is 0 Å². The van der Waals surface area contributed by atoms with Crippen molar-refractivity contribution in [3.8, 4) is 5.75 Å². The van der Waals surface area contributed by atoms with E-state index in [0.717, 1.165) is 16.2 Å². The number of nitrogens with one attached hydrogen (secondary N) is 1. The summed E-state index contributed by atoms with van der Waals surface area (Å²) >= 11 is 6.98. The number of rotatable bonds is 7. The number of aromatic nitrogens is 3. The first kappa shape index (κ1) is 26.1. The van der Waals surface area contributed by atoms with E-state index < -0.39 is 16.2 Å². The van der Waals surface area contributed by atoms with E-state index in [1.165, 1.54) is 16.4 Å². The first-order valence-electron chi connectivity index (χ1n) is 11.6. The average Bonchev–Trinajstić information content (AvgIpc) is 3.55. The van der Waals surface area contributed by atoms with Gasteiger partial charge in [0.1, 0.15) is 21.0 Å². The maximum absolute atomic E-state index is 13.2. The summed E-state index contributed by atoms with van der Waals surface area (Å²) in [7, 11) is -3.68. The highest BCUT2D eigenvalue weighted by atomic mass is 35.5. The fourth-order valence-electron chi connectivity index (χ4n) is 4.14. The number of thiophene rings is 1. The third kappa shape index (κ3) is 5.65. The summed E-state index contributed by atoms with van der Waals surface area (Å²) in [6.45, 7) is 0.819. The Hall–Kier alpha value is -3.52. The number of fused-ring (bicyclic) bond motifs is 1. The van der Waals surface area contributed by atoms with Crippen LogP contribution in [0.2, 0.25) is 5.02 Å². The zero-order chi connectivity index (χ0) is 26.9. The summed E-state index contributed by atoms with van der Waals surface area (Å²) in [4.78, 5) is 25.4. The lowest BCUT2D eigenvalue weighted by Crippen LogP contribution is -2.39. The van der Waals surface area contributed by atoms with Crippen molar-refractivity contribution in [1.82, 2.24) is 24.6 Å². The molecule has 5 rings (SSSR count). The maximum atomic E-state index is 13.2. The number of amides is 1. The molecule has 0 radical (unpaired) electrons. The molecule has 0 atom stereocenters. The van der Waals surface area contributed by atoms with Crippen LogP contribution in [0.5, 0.6) is 5.75 Å². The first-order chi connectivity index (χ1) is 18.2. The SMILES string of the molecule is O=C(O)Oc1ccc2nn(C3CCN(S(=O)(=O)c4ccc(CNC(=O)c5ccc(Cl)cc5)s4)CC3)nc2c1. The molecule has 1 amide bonds. The summed E-state index contributed by atoms with van der Waals surface area (Å²) in [6, 6.07) is 14.3. The van der Waals surface area contributed by atoms with Gasteiger partial charge in [-0.1, -0.05) is 11.6 Å². The van der Waals surface area contributed by atoms with Crippen LogP contribution in [0.1, 0.15) is 34.1 Å². The minimum atomic E-state index is -3.68. The first-order valence-corrected chi connectivity index (χ1v) is 14.2. The van der Waals surface area contributed by atoms with Gasteiger partial charge in [-0.3, -0.25) is 4.79 Å². The van der Waals surface area contributed by atoms with Crippen molar-refractivity contribution >= 4 is 56.1 Å². The van der Waals surface area contributed by atoms with Crippen LogP contribution in [-0.2, 0) is 16.6 Å². The zero-order valence-corrected chi connectivity index (χ0v) is 22.2. The summed E-state index contributed by atoms with van der Waals surface area (Å²) in [5, 5.41) is 21.0. The number of hydrogen-bond donors (Lipinski definition) is 2. The third-order valence-corrected chi connectivity index (χ3v) is 9.79. The van der Waals surface area contributed by atoms with Crippen LogP contribution in [-0.4, -0.2) is 58.0 Å². The lowest BCUT2D eigenvalue weighted by molar-refractivity contribution is 0.0951. The molecule has 1 fully saturated rings. The number of nitrogens with zero attached hydrogens (tertiary/aromatic N) is 4. The van der Waals surface area contributed by atoms with Crippen LogP contribution >= 0.6 is 22.9 Å². The van der Waals surface area contributed by atoms with Crippen LogP contribution in [0.25, 0.3) is 11.0 Å². The fraction of sp³-hybridized carbons (Fsp3) is 0.250. The number of ether oxygens (including phenoxy) is 1. The van der Waals surface area contributed by atoms with Crippen molar-refractivity contribution < 1.29 is 27.9 Å². The normalized spacial score (nSPS) is 15.0. The van der Waals surface area contributed by atoms with Crippen LogP contribution < -0.4 is 10.1 Å². The van der Waals surface area contributed by atoms with Crippen LogP contribution in [0.4, 0.5) is 4.79 Å². The molecule has 4 aromatic rings. The van der Waals surface area contributed by atoms with E-state index in [2.05, 4.69) is 20.3 Å². The molecule has 1 aliphatic heterocycles. The summed E-state index contributed by atoms with van der Waals surface area (Å²) in [6.07, 6.45) is -0.367. The predicted molar refractivity (Wildman–Crippen MR) is 140 cm³/mol. The number of hydrogen-bond acceptors (Lipinski definition) is 8. The number of sulfonamides is 1. The minimum Gasteiger partial charge on any atom is -0.449 e. The van der Waals surface area contributed by atoms with E-state index >= 15 is 0 Å². The molecule has 0 aliphatic carbocycles. The fourth-order valence-corrected chi connectivity index (χ4v) is 7.19. The Balaban J connectivity index is 1.19. The predicted octanol–water partition coefficient (Wildman–Crippen LogP) is 4.16. The van der Waals surface area contributed by atoms with E-state index in [4.69, 9.17) is 16.7 Å². The Kier molecular flexibility index (Phi) is 7.34. The van der Waals surface area contributed by atoms with E-state index in [9.17, 15) is 18.0 Å². The summed E-state index contributed by atoms with van der Waals surface area (Å²) < 4.78 is 32.8. The van der Waals surface area contributed by atoms with Gasteiger partial charge in [-0.15, -0.1) is 11.3 Å². The van der Waals surface area contributed by atoms with Crippen molar-refractivity contribution in [2.45, 2.75) is 29.6 Å². The molecule has 198 valence electrons. The number of carboxylic acid groups (broad SMARTS) is 1. The molecular weight excluding hydrogens is 554 g/mol. The van der Waals surface area contributed by atoms with Gasteiger partial charge in [0.25, 0.3) is 15.9 Å². The topological polar surface area (TPSA) is 144 Å². The Morgan fingerprint density at radius 3 is 2.47 bits per heavy atom. The van der Waals surface area contributed by atoms with Crippen molar-refractivity contribution in [2.24, 2.45) is 0 Å². The molecule has 11 nitrogen and oxygen atoms in total. The van der Waals surface area contributed by atoms with Gasteiger partial charge in [0, 0.05) is 34.6 Å². The lowest BCUT2D eigenvalue weighted by atomic mass is 10.1. The molecule has 0 unspecified atom stereocenters. The second kappa shape index (κ2) is 10.7. The third-order valence-electron chi connectivity index (χ3n) is 6.08. The molecule has 0 saturated carbocycles. The van der Waals surface area contributed by atoms with Crippen molar-refractivity contribution in [2.75, 3.05) is 13.1 Å². The number of piperidine rings is 1. The second-order valence-electron chi connectivity index (χ2n) is 8.58. The molecular formula is C24H22ClN5O6S2. The van der Waals surface area contributed by atoms with Crippen LogP contribution in [0.15, 0.2) is 58.8 Å². The largest absolute Gasteiger partial charge is 0.511 e. The Labute approximate surface area is 226 Å². The van der Waals surface area contributed by atoms with Gasteiger partial charge < -0.3 is 15.2 Å².